The third kappa shape index (κ3) is 1.78. The second-order valence-corrected chi connectivity index (χ2v) is 4.05. The molecule has 2 rings (SSSR count). The first-order chi connectivity index (χ1) is 6.31. The molecule has 0 bridgehead atoms. The Hall–Kier alpha value is -0.760. The van der Waals surface area contributed by atoms with Gasteiger partial charge < -0.3 is 9.73 Å². The summed E-state index contributed by atoms with van der Waals surface area (Å²) < 4.78 is 5.47. The van der Waals surface area contributed by atoms with Crippen LogP contribution in [0.3, 0.4) is 0 Å². The minimum absolute atomic E-state index is 0.0694. The van der Waals surface area contributed by atoms with Crippen LogP contribution in [0.4, 0.5) is 0 Å². The molecule has 2 nitrogen and oxygen atoms in total. The summed E-state index contributed by atoms with van der Waals surface area (Å²) in [5.74, 6) is 1.08. The van der Waals surface area contributed by atoms with E-state index in [9.17, 15) is 0 Å². The van der Waals surface area contributed by atoms with Gasteiger partial charge in [0.15, 0.2) is 0 Å². The van der Waals surface area contributed by atoms with Crippen molar-refractivity contribution >= 4 is 0 Å². The molecule has 1 aliphatic heterocycles. The van der Waals surface area contributed by atoms with Crippen molar-refractivity contribution in [3.63, 3.8) is 0 Å². The van der Waals surface area contributed by atoms with E-state index in [1.165, 1.54) is 25.7 Å². The predicted octanol–water partition coefficient (Wildman–Crippen LogP) is 2.66. The van der Waals surface area contributed by atoms with Gasteiger partial charge in [-0.3, -0.25) is 0 Å². The lowest BCUT2D eigenvalue weighted by molar-refractivity contribution is 0.288. The second kappa shape index (κ2) is 3.54. The zero-order valence-corrected chi connectivity index (χ0v) is 8.18. The van der Waals surface area contributed by atoms with Gasteiger partial charge in [0.25, 0.3) is 0 Å². The monoisotopic (exact) mass is 179 g/mol. The first-order valence-corrected chi connectivity index (χ1v) is 5.10. The zero-order chi connectivity index (χ0) is 9.15. The van der Waals surface area contributed by atoms with Gasteiger partial charge in [-0.1, -0.05) is 12.8 Å². The van der Waals surface area contributed by atoms with Crippen molar-refractivity contribution in [3.05, 3.63) is 24.2 Å². The van der Waals surface area contributed by atoms with E-state index in [2.05, 4.69) is 18.3 Å². The number of furan rings is 1. The maximum atomic E-state index is 5.47. The Morgan fingerprint density at radius 3 is 3.08 bits per heavy atom. The van der Waals surface area contributed by atoms with Gasteiger partial charge in [-0.2, -0.15) is 0 Å². The lowest BCUT2D eigenvalue weighted by Crippen LogP contribution is -2.38. The van der Waals surface area contributed by atoms with Gasteiger partial charge in [-0.15, -0.1) is 0 Å². The minimum Gasteiger partial charge on any atom is -0.467 e. The molecule has 0 aromatic carbocycles. The summed E-state index contributed by atoms with van der Waals surface area (Å²) in [6, 6.07) is 4.03. The van der Waals surface area contributed by atoms with Crippen molar-refractivity contribution in [1.82, 2.24) is 5.32 Å². The molecule has 0 amide bonds. The van der Waals surface area contributed by atoms with Gasteiger partial charge in [0.1, 0.15) is 5.76 Å². The van der Waals surface area contributed by atoms with E-state index >= 15 is 0 Å². The number of nitrogens with one attached hydrogen (secondary N) is 1. The Morgan fingerprint density at radius 2 is 2.31 bits per heavy atom. The fraction of sp³-hybridized carbons (Fsp3) is 0.636. The smallest absolute Gasteiger partial charge is 0.123 e. The molecular weight excluding hydrogens is 162 g/mol. The van der Waals surface area contributed by atoms with Crippen molar-refractivity contribution in [2.75, 3.05) is 6.54 Å². The second-order valence-electron chi connectivity index (χ2n) is 4.05. The summed E-state index contributed by atoms with van der Waals surface area (Å²) >= 11 is 0. The predicted molar refractivity (Wildman–Crippen MR) is 52.5 cm³/mol. The summed E-state index contributed by atoms with van der Waals surface area (Å²) in [6.07, 6.45) is 6.86. The van der Waals surface area contributed by atoms with Crippen LogP contribution in [0.15, 0.2) is 22.8 Å². The van der Waals surface area contributed by atoms with Crippen molar-refractivity contribution in [3.8, 4) is 0 Å². The minimum atomic E-state index is 0.0694. The van der Waals surface area contributed by atoms with Crippen LogP contribution in [0.2, 0.25) is 0 Å². The maximum Gasteiger partial charge on any atom is 0.123 e. The molecule has 0 saturated carbocycles. The van der Waals surface area contributed by atoms with Crippen LogP contribution >= 0.6 is 0 Å². The molecule has 72 valence electrons. The third-order valence-electron chi connectivity index (χ3n) is 2.93. The molecule has 0 aliphatic carbocycles. The number of hydrogen-bond donors (Lipinski definition) is 1. The largest absolute Gasteiger partial charge is 0.467 e. The van der Waals surface area contributed by atoms with Crippen LogP contribution in [0.5, 0.6) is 0 Å². The average Bonchev–Trinajstić information content (AvgIpc) is 2.57. The summed E-state index contributed by atoms with van der Waals surface area (Å²) in [7, 11) is 0. The van der Waals surface area contributed by atoms with E-state index in [1.54, 1.807) is 6.26 Å². The molecule has 13 heavy (non-hydrogen) atoms. The lowest BCUT2D eigenvalue weighted by Gasteiger charge is -2.26. The summed E-state index contributed by atoms with van der Waals surface area (Å²) in [5.41, 5.74) is 0.0694. The molecule has 1 fully saturated rings. The molecule has 2 heteroatoms. The highest BCUT2D eigenvalue weighted by atomic mass is 16.3. The highest BCUT2D eigenvalue weighted by Crippen LogP contribution is 2.29. The standard InChI is InChI=1S/C11H17NO/c1-11(10-6-5-9-13-10)7-3-2-4-8-12-11/h5-6,9,12H,2-4,7-8H2,1H3. The van der Waals surface area contributed by atoms with Gasteiger partial charge in [0.2, 0.25) is 0 Å². The quantitative estimate of drug-likeness (QED) is 0.717. The average molecular weight is 179 g/mol. The van der Waals surface area contributed by atoms with Gasteiger partial charge in [-0.25, -0.2) is 0 Å². The molecule has 1 aromatic heterocycles. The molecule has 1 unspecified atom stereocenters. The SMILES string of the molecule is CC1(c2ccco2)CCCCCN1. The molecule has 0 spiro atoms. The van der Waals surface area contributed by atoms with Crippen molar-refractivity contribution in [1.29, 1.82) is 0 Å². The van der Waals surface area contributed by atoms with E-state index in [0.29, 0.717) is 0 Å². The zero-order valence-electron chi connectivity index (χ0n) is 8.18. The van der Waals surface area contributed by atoms with Gasteiger partial charge in [-0.05, 0) is 38.4 Å². The van der Waals surface area contributed by atoms with E-state index in [0.717, 1.165) is 12.3 Å². The Kier molecular flexibility index (Phi) is 2.40. The van der Waals surface area contributed by atoms with E-state index in [1.807, 2.05) is 6.07 Å². The molecular formula is C11H17NO. The third-order valence-corrected chi connectivity index (χ3v) is 2.93. The van der Waals surface area contributed by atoms with Gasteiger partial charge in [0, 0.05) is 0 Å². The van der Waals surface area contributed by atoms with Crippen LogP contribution in [-0.2, 0) is 5.54 Å². The normalized spacial score (nSPS) is 29.9. The van der Waals surface area contributed by atoms with Crippen LogP contribution in [0, 0.1) is 0 Å². The van der Waals surface area contributed by atoms with E-state index in [4.69, 9.17) is 4.42 Å². The molecule has 0 radical (unpaired) electrons. The molecule has 1 aromatic rings. The Morgan fingerprint density at radius 1 is 1.38 bits per heavy atom. The number of hydrogen-bond acceptors (Lipinski definition) is 2. The first kappa shape index (κ1) is 8.82. The van der Waals surface area contributed by atoms with Crippen LogP contribution < -0.4 is 5.32 Å². The molecule has 1 N–H and O–H groups in total. The highest BCUT2D eigenvalue weighted by Gasteiger charge is 2.29. The van der Waals surface area contributed by atoms with E-state index < -0.39 is 0 Å². The van der Waals surface area contributed by atoms with E-state index in [-0.39, 0.29) is 5.54 Å². The Bertz CT molecular complexity index is 245. The Balaban J connectivity index is 2.17. The van der Waals surface area contributed by atoms with Crippen molar-refractivity contribution in [2.45, 2.75) is 38.1 Å². The van der Waals surface area contributed by atoms with Crippen LogP contribution in [0.25, 0.3) is 0 Å². The topological polar surface area (TPSA) is 25.2 Å². The summed E-state index contributed by atoms with van der Waals surface area (Å²) in [5, 5.41) is 3.57. The fourth-order valence-electron chi connectivity index (χ4n) is 2.04. The molecule has 1 atom stereocenters. The van der Waals surface area contributed by atoms with Crippen LogP contribution in [0.1, 0.15) is 38.4 Å². The molecule has 2 heterocycles. The van der Waals surface area contributed by atoms with Crippen molar-refractivity contribution in [2.24, 2.45) is 0 Å². The Labute approximate surface area is 79.3 Å². The fourth-order valence-corrected chi connectivity index (χ4v) is 2.04. The lowest BCUT2D eigenvalue weighted by atomic mass is 9.93. The summed E-state index contributed by atoms with van der Waals surface area (Å²) in [6.45, 7) is 3.34. The maximum absolute atomic E-state index is 5.47. The number of rotatable bonds is 1. The molecule has 1 aliphatic rings. The van der Waals surface area contributed by atoms with Gasteiger partial charge >= 0.3 is 0 Å². The summed E-state index contributed by atoms with van der Waals surface area (Å²) in [4.78, 5) is 0. The highest BCUT2D eigenvalue weighted by molar-refractivity contribution is 5.11. The first-order valence-electron chi connectivity index (χ1n) is 5.10. The molecule has 1 saturated heterocycles. The van der Waals surface area contributed by atoms with Crippen molar-refractivity contribution < 1.29 is 4.42 Å². The van der Waals surface area contributed by atoms with Gasteiger partial charge in [0.05, 0.1) is 11.8 Å². The van der Waals surface area contributed by atoms with Crippen LogP contribution in [-0.4, -0.2) is 6.54 Å².